The van der Waals surface area contributed by atoms with Gasteiger partial charge >= 0.3 is 0 Å². The van der Waals surface area contributed by atoms with Crippen molar-refractivity contribution in [2.45, 2.75) is 38.5 Å². The zero-order valence-corrected chi connectivity index (χ0v) is 15.4. The predicted molar refractivity (Wildman–Crippen MR) is 99.8 cm³/mol. The Hall–Kier alpha value is -2.40. The van der Waals surface area contributed by atoms with Gasteiger partial charge in [-0.1, -0.05) is 37.1 Å². The smallest absolute Gasteiger partial charge is 0.268 e. The fraction of sp³-hybridized carbons (Fsp3) is 0.250. The topological polar surface area (TPSA) is 56.1 Å². The third kappa shape index (κ3) is 2.89. The highest BCUT2D eigenvalue weighted by atomic mass is 32.2. The fourth-order valence-electron chi connectivity index (χ4n) is 3.24. The normalized spacial score (nSPS) is 11.8. The van der Waals surface area contributed by atoms with E-state index >= 15 is 0 Å². The second kappa shape index (κ2) is 6.48. The van der Waals surface area contributed by atoms with Gasteiger partial charge in [0.1, 0.15) is 0 Å². The number of hydrogen-bond acceptors (Lipinski definition) is 3. The Kier molecular flexibility index (Phi) is 4.52. The zero-order chi connectivity index (χ0) is 18.2. The largest absolute Gasteiger partial charge is 0.298 e. The average Bonchev–Trinajstić information content (AvgIpc) is 3.02. The number of carbonyl (C=O) groups is 1. The van der Waals surface area contributed by atoms with Gasteiger partial charge in [0, 0.05) is 17.1 Å². The first kappa shape index (κ1) is 17.4. The van der Waals surface area contributed by atoms with E-state index in [9.17, 15) is 13.2 Å². The van der Waals surface area contributed by atoms with Crippen molar-refractivity contribution < 1.29 is 13.2 Å². The van der Waals surface area contributed by atoms with Crippen LogP contribution in [0.3, 0.4) is 0 Å². The first-order valence-electron chi connectivity index (χ1n) is 8.31. The molecule has 4 nitrogen and oxygen atoms in total. The van der Waals surface area contributed by atoms with Gasteiger partial charge in [-0.15, -0.1) is 0 Å². The summed E-state index contributed by atoms with van der Waals surface area (Å²) in [5.41, 5.74) is 3.97. The molecule has 130 valence electrons. The van der Waals surface area contributed by atoms with Crippen LogP contribution in [0, 0.1) is 13.8 Å². The van der Waals surface area contributed by atoms with Crippen LogP contribution in [0.5, 0.6) is 0 Å². The highest BCUT2D eigenvalue weighted by molar-refractivity contribution is 7.90. The maximum atomic E-state index is 13.1. The summed E-state index contributed by atoms with van der Waals surface area (Å²) < 4.78 is 27.4. The van der Waals surface area contributed by atoms with Crippen molar-refractivity contribution in [1.29, 1.82) is 0 Å². The van der Waals surface area contributed by atoms with E-state index in [-0.39, 0.29) is 4.90 Å². The van der Waals surface area contributed by atoms with Crippen molar-refractivity contribution in [1.82, 2.24) is 3.97 Å². The number of rotatable bonds is 5. The second-order valence-corrected chi connectivity index (χ2v) is 8.14. The molecule has 1 heterocycles. The van der Waals surface area contributed by atoms with Gasteiger partial charge in [0.2, 0.25) is 0 Å². The van der Waals surface area contributed by atoms with E-state index in [1.54, 1.807) is 30.3 Å². The van der Waals surface area contributed by atoms with Crippen molar-refractivity contribution in [2.75, 3.05) is 0 Å². The number of hydrogen-bond donors (Lipinski definition) is 0. The summed E-state index contributed by atoms with van der Waals surface area (Å²) in [7, 11) is -3.71. The molecule has 1 aromatic heterocycles. The van der Waals surface area contributed by atoms with Crippen LogP contribution in [0.25, 0.3) is 10.9 Å². The third-order valence-corrected chi connectivity index (χ3v) is 6.16. The van der Waals surface area contributed by atoms with E-state index in [0.717, 1.165) is 35.8 Å². The molecule has 5 heteroatoms. The maximum Gasteiger partial charge on any atom is 0.268 e. The van der Waals surface area contributed by atoms with Gasteiger partial charge in [-0.25, -0.2) is 12.4 Å². The molecule has 0 saturated carbocycles. The molecule has 0 aliphatic carbocycles. The second-order valence-electron chi connectivity index (χ2n) is 6.33. The molecule has 0 saturated heterocycles. The molecule has 0 radical (unpaired) electrons. The van der Waals surface area contributed by atoms with Gasteiger partial charge in [0.25, 0.3) is 10.0 Å². The van der Waals surface area contributed by atoms with Crippen LogP contribution < -0.4 is 0 Å². The van der Waals surface area contributed by atoms with Gasteiger partial charge in [-0.05, 0) is 49.6 Å². The van der Waals surface area contributed by atoms with E-state index in [2.05, 4.69) is 6.92 Å². The molecule has 0 bridgehead atoms. The molecule has 0 aliphatic heterocycles. The number of aryl methyl sites for hydroxylation is 3. The number of carbonyl (C=O) groups excluding carboxylic acids is 1. The molecular formula is C20H21NO3S. The SMILES string of the molecule is CCCc1cc(C)c2c(ccn2S(=O)(=O)c2ccc(C)cc2)c1C=O. The molecule has 0 amide bonds. The van der Waals surface area contributed by atoms with Gasteiger partial charge in [0.15, 0.2) is 6.29 Å². The van der Waals surface area contributed by atoms with Crippen LogP contribution >= 0.6 is 0 Å². The monoisotopic (exact) mass is 355 g/mol. The molecule has 3 rings (SSSR count). The Morgan fingerprint density at radius 2 is 1.76 bits per heavy atom. The zero-order valence-electron chi connectivity index (χ0n) is 14.6. The summed E-state index contributed by atoms with van der Waals surface area (Å²) in [6.07, 6.45) is 4.08. The number of fused-ring (bicyclic) bond motifs is 1. The number of benzene rings is 2. The molecule has 0 fully saturated rings. The molecule has 0 atom stereocenters. The highest BCUT2D eigenvalue weighted by Gasteiger charge is 2.22. The minimum atomic E-state index is -3.71. The Bertz CT molecular complexity index is 1040. The van der Waals surface area contributed by atoms with Crippen LogP contribution in [-0.4, -0.2) is 18.7 Å². The molecule has 25 heavy (non-hydrogen) atoms. The third-order valence-electron chi connectivity index (χ3n) is 4.47. The minimum absolute atomic E-state index is 0.236. The first-order chi connectivity index (χ1) is 11.9. The van der Waals surface area contributed by atoms with Crippen molar-refractivity contribution >= 4 is 27.2 Å². The Morgan fingerprint density at radius 1 is 1.08 bits per heavy atom. The molecule has 2 aromatic carbocycles. The lowest BCUT2D eigenvalue weighted by atomic mass is 9.97. The molecule has 0 N–H and O–H groups in total. The summed E-state index contributed by atoms with van der Waals surface area (Å²) in [5.74, 6) is 0. The lowest BCUT2D eigenvalue weighted by Gasteiger charge is -2.12. The molecule has 0 spiro atoms. The lowest BCUT2D eigenvalue weighted by molar-refractivity contribution is 0.112. The predicted octanol–water partition coefficient (Wildman–Crippen LogP) is 4.26. The summed E-state index contributed by atoms with van der Waals surface area (Å²) in [4.78, 5) is 11.9. The standard InChI is InChI=1S/C20H21NO3S/c1-4-5-16-12-15(3)20-18(19(16)13-22)10-11-21(20)25(23,24)17-8-6-14(2)7-9-17/h6-13H,4-5H2,1-3H3. The molecule has 0 aliphatic rings. The van der Waals surface area contributed by atoms with E-state index in [4.69, 9.17) is 0 Å². The first-order valence-corrected chi connectivity index (χ1v) is 9.75. The molecular weight excluding hydrogens is 334 g/mol. The number of nitrogens with zero attached hydrogens (tertiary/aromatic N) is 1. The number of aromatic nitrogens is 1. The van der Waals surface area contributed by atoms with Crippen LogP contribution in [0.15, 0.2) is 47.5 Å². The Morgan fingerprint density at radius 3 is 2.36 bits per heavy atom. The van der Waals surface area contributed by atoms with Gasteiger partial charge in [-0.2, -0.15) is 0 Å². The van der Waals surface area contributed by atoms with Gasteiger partial charge in [-0.3, -0.25) is 4.79 Å². The van der Waals surface area contributed by atoms with Crippen LogP contribution in [0.2, 0.25) is 0 Å². The van der Waals surface area contributed by atoms with E-state index in [1.165, 1.54) is 10.2 Å². The lowest BCUT2D eigenvalue weighted by Crippen LogP contribution is -2.12. The van der Waals surface area contributed by atoms with Gasteiger partial charge < -0.3 is 0 Å². The summed E-state index contributed by atoms with van der Waals surface area (Å²) >= 11 is 0. The van der Waals surface area contributed by atoms with E-state index < -0.39 is 10.0 Å². The van der Waals surface area contributed by atoms with Crippen molar-refractivity contribution in [3.05, 3.63) is 64.8 Å². The summed E-state index contributed by atoms with van der Waals surface area (Å²) in [5, 5.41) is 0.689. The minimum Gasteiger partial charge on any atom is -0.298 e. The molecule has 3 aromatic rings. The van der Waals surface area contributed by atoms with E-state index in [1.807, 2.05) is 19.9 Å². The summed E-state index contributed by atoms with van der Waals surface area (Å²) in [6.45, 7) is 5.86. The number of aldehydes is 1. The van der Waals surface area contributed by atoms with Crippen molar-refractivity contribution in [3.8, 4) is 0 Å². The van der Waals surface area contributed by atoms with Crippen LogP contribution in [-0.2, 0) is 16.4 Å². The van der Waals surface area contributed by atoms with Crippen LogP contribution in [0.1, 0.15) is 40.4 Å². The quantitative estimate of drug-likeness (QED) is 0.643. The summed E-state index contributed by atoms with van der Waals surface area (Å²) in [6, 6.07) is 10.4. The van der Waals surface area contributed by atoms with Crippen LogP contribution in [0.4, 0.5) is 0 Å². The Labute approximate surface area is 148 Å². The average molecular weight is 355 g/mol. The van der Waals surface area contributed by atoms with Gasteiger partial charge in [0.05, 0.1) is 10.4 Å². The van der Waals surface area contributed by atoms with Crippen molar-refractivity contribution in [2.24, 2.45) is 0 Å². The fourth-order valence-corrected chi connectivity index (χ4v) is 4.65. The van der Waals surface area contributed by atoms with Crippen molar-refractivity contribution in [3.63, 3.8) is 0 Å². The van der Waals surface area contributed by atoms with E-state index in [0.29, 0.717) is 16.5 Å². The maximum absolute atomic E-state index is 13.1. The highest BCUT2D eigenvalue weighted by Crippen LogP contribution is 2.30. The molecule has 0 unspecified atom stereocenters. The Balaban J connectivity index is 2.28.